The summed E-state index contributed by atoms with van der Waals surface area (Å²) >= 11 is 1.89. The van der Waals surface area contributed by atoms with Crippen LogP contribution in [0.5, 0.6) is 0 Å². The van der Waals surface area contributed by atoms with Crippen LogP contribution in [0.25, 0.3) is 73.0 Å². The van der Waals surface area contributed by atoms with Gasteiger partial charge in [0.15, 0.2) is 5.82 Å². The van der Waals surface area contributed by atoms with Crippen LogP contribution in [0.15, 0.2) is 198 Å². The number of nitrogens with zero attached hydrogens (tertiary/aromatic N) is 2. The van der Waals surface area contributed by atoms with E-state index in [0.717, 1.165) is 40.3 Å². The van der Waals surface area contributed by atoms with Crippen LogP contribution in [-0.4, -0.2) is 9.97 Å². The summed E-state index contributed by atoms with van der Waals surface area (Å²) in [6, 6.07) is 66.6. The van der Waals surface area contributed by atoms with Crippen molar-refractivity contribution in [1.29, 1.82) is 0 Å². The zero-order valence-corrected chi connectivity index (χ0v) is 31.8. The van der Waals surface area contributed by atoms with Gasteiger partial charge in [-0.2, -0.15) is 0 Å². The van der Waals surface area contributed by atoms with Gasteiger partial charge in [-0.1, -0.05) is 176 Å². The molecule has 0 bridgehead atoms. The first kappa shape index (κ1) is 32.4. The Kier molecular flexibility index (Phi) is 7.17. The molecule has 57 heavy (non-hydrogen) atoms. The van der Waals surface area contributed by atoms with Gasteiger partial charge < -0.3 is 0 Å². The molecule has 3 heteroatoms. The molecule has 2 nitrogen and oxygen atoms in total. The Morgan fingerprint density at radius 1 is 0.439 bits per heavy atom. The molecule has 2 heterocycles. The molecule has 0 fully saturated rings. The average Bonchev–Trinajstić information content (AvgIpc) is 3.57. The number of fused-ring (bicyclic) bond motifs is 9. The molecule has 266 valence electrons. The van der Waals surface area contributed by atoms with Gasteiger partial charge in [0.05, 0.1) is 16.8 Å². The molecule has 8 aromatic carbocycles. The van der Waals surface area contributed by atoms with Gasteiger partial charge in [-0.3, -0.25) is 0 Å². The molecule has 2 aliphatic carbocycles. The third-order valence-electron chi connectivity index (χ3n) is 12.1. The lowest BCUT2D eigenvalue weighted by atomic mass is 9.67. The fourth-order valence-electron chi connectivity index (χ4n) is 9.64. The summed E-state index contributed by atoms with van der Waals surface area (Å²) in [5, 5.41) is 2.59. The van der Waals surface area contributed by atoms with Crippen LogP contribution in [-0.2, 0) is 11.8 Å². The van der Waals surface area contributed by atoms with Crippen molar-refractivity contribution in [1.82, 2.24) is 9.97 Å². The van der Waals surface area contributed by atoms with Crippen LogP contribution in [0.3, 0.4) is 0 Å². The van der Waals surface area contributed by atoms with Gasteiger partial charge in [0.2, 0.25) is 0 Å². The van der Waals surface area contributed by atoms with E-state index >= 15 is 0 Å². The first-order valence-electron chi connectivity index (χ1n) is 19.6. The topological polar surface area (TPSA) is 25.8 Å². The SMILES string of the molecule is C1=Cc2cc(-c3cc(-c4ccc(-c5ccc6c(c5)Sc5ccccc5C65c6ccccc6-c6ccccc65)cc4)nc(-c4ccccc4)n3)cc3cccc(c23)C1. The smallest absolute Gasteiger partial charge is 0.160 e. The van der Waals surface area contributed by atoms with Crippen molar-refractivity contribution in [3.63, 3.8) is 0 Å². The maximum atomic E-state index is 5.17. The zero-order valence-electron chi connectivity index (χ0n) is 31.0. The fourth-order valence-corrected chi connectivity index (χ4v) is 10.9. The summed E-state index contributed by atoms with van der Waals surface area (Å²) in [6.45, 7) is 0. The van der Waals surface area contributed by atoms with E-state index in [1.54, 1.807) is 0 Å². The Morgan fingerprint density at radius 3 is 1.88 bits per heavy atom. The highest BCUT2D eigenvalue weighted by molar-refractivity contribution is 7.99. The van der Waals surface area contributed by atoms with Gasteiger partial charge in [-0.05, 0) is 103 Å². The predicted octanol–water partition coefficient (Wildman–Crippen LogP) is 13.7. The van der Waals surface area contributed by atoms with E-state index in [9.17, 15) is 0 Å². The Balaban J connectivity index is 0.962. The van der Waals surface area contributed by atoms with Crippen LogP contribution < -0.4 is 0 Å². The summed E-state index contributed by atoms with van der Waals surface area (Å²) in [5.74, 6) is 0.723. The van der Waals surface area contributed by atoms with E-state index in [2.05, 4.69) is 176 Å². The number of rotatable bonds is 4. The molecular formula is C54H34N2S. The van der Waals surface area contributed by atoms with Crippen molar-refractivity contribution >= 4 is 28.6 Å². The quantitative estimate of drug-likeness (QED) is 0.180. The van der Waals surface area contributed by atoms with E-state index in [4.69, 9.17) is 9.97 Å². The summed E-state index contributed by atoms with van der Waals surface area (Å²) in [5.41, 5.74) is 17.7. The molecular weight excluding hydrogens is 709 g/mol. The monoisotopic (exact) mass is 742 g/mol. The van der Waals surface area contributed by atoms with E-state index < -0.39 is 0 Å². The first-order valence-corrected chi connectivity index (χ1v) is 20.4. The molecule has 0 radical (unpaired) electrons. The fraction of sp³-hybridized carbons (Fsp3) is 0.0370. The largest absolute Gasteiger partial charge is 0.228 e. The second-order valence-corrected chi connectivity index (χ2v) is 16.3. The Morgan fingerprint density at radius 2 is 1.09 bits per heavy atom. The minimum absolute atomic E-state index is 0.366. The van der Waals surface area contributed by atoms with Crippen LogP contribution in [0, 0.1) is 0 Å². The van der Waals surface area contributed by atoms with Gasteiger partial charge in [0, 0.05) is 26.5 Å². The third kappa shape index (κ3) is 4.92. The van der Waals surface area contributed by atoms with Crippen LogP contribution in [0.1, 0.15) is 33.4 Å². The molecule has 1 aromatic heterocycles. The van der Waals surface area contributed by atoms with Crippen molar-refractivity contribution in [3.05, 3.63) is 221 Å². The summed E-state index contributed by atoms with van der Waals surface area (Å²) in [6.07, 6.45) is 5.48. The minimum Gasteiger partial charge on any atom is -0.228 e. The zero-order chi connectivity index (χ0) is 37.5. The van der Waals surface area contributed by atoms with Crippen molar-refractivity contribution < 1.29 is 0 Å². The summed E-state index contributed by atoms with van der Waals surface area (Å²) in [4.78, 5) is 12.9. The highest BCUT2D eigenvalue weighted by atomic mass is 32.2. The molecule has 1 aliphatic heterocycles. The highest BCUT2D eigenvalue weighted by Crippen LogP contribution is 2.62. The first-order chi connectivity index (χ1) is 28.2. The molecule has 0 unspecified atom stereocenters. The van der Waals surface area contributed by atoms with Crippen molar-refractivity contribution in [2.45, 2.75) is 21.6 Å². The molecule has 0 N–H and O–H groups in total. The highest BCUT2D eigenvalue weighted by Gasteiger charge is 2.50. The lowest BCUT2D eigenvalue weighted by molar-refractivity contribution is 0.722. The van der Waals surface area contributed by atoms with Crippen molar-refractivity contribution in [3.8, 4) is 56.2 Å². The van der Waals surface area contributed by atoms with Crippen molar-refractivity contribution in [2.75, 3.05) is 0 Å². The molecule has 0 saturated carbocycles. The van der Waals surface area contributed by atoms with Crippen LogP contribution in [0.2, 0.25) is 0 Å². The van der Waals surface area contributed by atoms with Gasteiger partial charge in [-0.25, -0.2) is 9.97 Å². The van der Waals surface area contributed by atoms with E-state index in [-0.39, 0.29) is 5.41 Å². The molecule has 12 rings (SSSR count). The normalized spacial score (nSPS) is 13.9. The number of aromatic nitrogens is 2. The standard InChI is InChI=1S/C54H34N2S/c1-2-12-37(13-3-1)53-55-48(33-49(56-53)41-30-39-16-10-14-36-15-11-17-40(31-41)52(36)39)35-26-24-34(25-27-35)38-28-29-47-51(32-38)57-50-23-9-8-22-46(50)54(47)44-20-6-4-18-42(44)43-19-5-7-21-45(43)54/h1-14,16-33H,15H2. The summed E-state index contributed by atoms with van der Waals surface area (Å²) < 4.78 is 0. The molecule has 9 aromatic rings. The van der Waals surface area contributed by atoms with Crippen molar-refractivity contribution in [2.24, 2.45) is 0 Å². The second-order valence-electron chi connectivity index (χ2n) is 15.2. The van der Waals surface area contributed by atoms with Gasteiger partial charge in [0.1, 0.15) is 0 Å². The number of hydrogen-bond acceptors (Lipinski definition) is 3. The van der Waals surface area contributed by atoms with E-state index in [1.807, 2.05) is 30.0 Å². The lowest BCUT2D eigenvalue weighted by Gasteiger charge is -2.39. The number of allylic oxidation sites excluding steroid dienone is 1. The van der Waals surface area contributed by atoms with Gasteiger partial charge >= 0.3 is 0 Å². The van der Waals surface area contributed by atoms with Gasteiger partial charge in [0.25, 0.3) is 0 Å². The Hall–Kier alpha value is -6.81. The minimum atomic E-state index is -0.366. The maximum Gasteiger partial charge on any atom is 0.160 e. The number of hydrogen-bond donors (Lipinski definition) is 0. The van der Waals surface area contributed by atoms with E-state index in [1.165, 1.54) is 76.2 Å². The lowest BCUT2D eigenvalue weighted by Crippen LogP contribution is -2.31. The molecule has 0 saturated heterocycles. The second kappa shape index (κ2) is 12.6. The van der Waals surface area contributed by atoms with Gasteiger partial charge in [-0.15, -0.1) is 0 Å². The number of benzene rings is 8. The third-order valence-corrected chi connectivity index (χ3v) is 13.3. The molecule has 0 atom stereocenters. The van der Waals surface area contributed by atoms with E-state index in [0.29, 0.717) is 0 Å². The Labute approximate surface area is 336 Å². The maximum absolute atomic E-state index is 5.17. The average molecular weight is 743 g/mol. The summed E-state index contributed by atoms with van der Waals surface area (Å²) in [7, 11) is 0. The van der Waals surface area contributed by atoms with Crippen LogP contribution in [0.4, 0.5) is 0 Å². The molecule has 3 aliphatic rings. The van der Waals surface area contributed by atoms with Crippen LogP contribution >= 0.6 is 11.8 Å². The Bertz CT molecular complexity index is 3080. The molecule has 1 spiro atoms. The molecule has 0 amide bonds. The predicted molar refractivity (Wildman–Crippen MR) is 235 cm³/mol.